The summed E-state index contributed by atoms with van der Waals surface area (Å²) in [6.45, 7) is 8.68. The summed E-state index contributed by atoms with van der Waals surface area (Å²) in [6.07, 6.45) is 8.00. The third-order valence-corrected chi connectivity index (χ3v) is 6.01. The number of rotatable bonds is 5. The van der Waals surface area contributed by atoms with Crippen molar-refractivity contribution in [2.45, 2.75) is 58.0 Å². The van der Waals surface area contributed by atoms with Crippen molar-refractivity contribution in [3.05, 3.63) is 11.6 Å². The number of nitrogens with zero attached hydrogens (tertiary/aromatic N) is 6. The summed E-state index contributed by atoms with van der Waals surface area (Å²) in [6, 6.07) is 0.621. The largest absolute Gasteiger partial charge is 0.353 e. The van der Waals surface area contributed by atoms with Crippen LogP contribution in [-0.4, -0.2) is 69.3 Å². The molecule has 1 atom stereocenters. The van der Waals surface area contributed by atoms with Gasteiger partial charge in [-0.2, -0.15) is 0 Å². The van der Waals surface area contributed by atoms with Gasteiger partial charge in [0.05, 0.1) is 0 Å². The predicted molar refractivity (Wildman–Crippen MR) is 118 cm³/mol. The standard InChI is InChI=1S/C19H33N7.HI/c1-15-22-23-18(24(15)2)12-20-19(21-17-6-7-17)26-11-8-16(14-26)13-25-9-4-3-5-10-25;/h16-17H,3-14H2,1-2H3,(H,20,21);1H. The molecule has 1 unspecified atom stereocenters. The van der Waals surface area contributed by atoms with Gasteiger partial charge in [-0.05, 0) is 58.0 Å². The second-order valence-corrected chi connectivity index (χ2v) is 8.24. The van der Waals surface area contributed by atoms with Crippen molar-refractivity contribution in [2.24, 2.45) is 18.0 Å². The van der Waals surface area contributed by atoms with Crippen LogP contribution in [0.1, 0.15) is 50.2 Å². The van der Waals surface area contributed by atoms with Crippen LogP contribution in [0, 0.1) is 12.8 Å². The van der Waals surface area contributed by atoms with Crippen LogP contribution in [0.3, 0.4) is 0 Å². The van der Waals surface area contributed by atoms with E-state index in [0.29, 0.717) is 12.6 Å². The fraction of sp³-hybridized carbons (Fsp3) is 0.842. The Labute approximate surface area is 180 Å². The second-order valence-electron chi connectivity index (χ2n) is 8.24. The van der Waals surface area contributed by atoms with Crippen LogP contribution in [0.4, 0.5) is 0 Å². The molecule has 1 aliphatic carbocycles. The molecule has 152 valence electrons. The van der Waals surface area contributed by atoms with Gasteiger partial charge in [-0.3, -0.25) is 0 Å². The summed E-state index contributed by atoms with van der Waals surface area (Å²) < 4.78 is 2.03. The van der Waals surface area contributed by atoms with Crippen molar-refractivity contribution >= 4 is 29.9 Å². The first-order valence-corrected chi connectivity index (χ1v) is 10.3. The van der Waals surface area contributed by atoms with Gasteiger partial charge in [0.1, 0.15) is 12.4 Å². The maximum absolute atomic E-state index is 4.91. The molecule has 2 aliphatic heterocycles. The first kappa shape index (κ1) is 20.8. The van der Waals surface area contributed by atoms with Gasteiger partial charge in [-0.25, -0.2) is 4.99 Å². The minimum Gasteiger partial charge on any atom is -0.353 e. The van der Waals surface area contributed by atoms with E-state index in [-0.39, 0.29) is 24.0 Å². The van der Waals surface area contributed by atoms with Gasteiger partial charge >= 0.3 is 0 Å². The topological polar surface area (TPSA) is 61.6 Å². The molecule has 3 heterocycles. The minimum absolute atomic E-state index is 0. The SMILES string of the molecule is Cc1nnc(CN=C(NC2CC2)N2CCC(CN3CCCCC3)C2)n1C.I. The van der Waals surface area contributed by atoms with Gasteiger partial charge < -0.3 is 19.7 Å². The number of likely N-dealkylation sites (tertiary alicyclic amines) is 2. The Hall–Kier alpha value is -0.900. The van der Waals surface area contributed by atoms with E-state index in [9.17, 15) is 0 Å². The molecule has 2 saturated heterocycles. The molecule has 3 aliphatic rings. The normalized spacial score (nSPS) is 24.1. The molecule has 0 radical (unpaired) electrons. The van der Waals surface area contributed by atoms with Gasteiger partial charge in [0.25, 0.3) is 0 Å². The molecule has 3 fully saturated rings. The number of halogens is 1. The van der Waals surface area contributed by atoms with Gasteiger partial charge in [0.2, 0.25) is 0 Å². The highest BCUT2D eigenvalue weighted by Crippen LogP contribution is 2.23. The van der Waals surface area contributed by atoms with Crippen molar-refractivity contribution in [2.75, 3.05) is 32.7 Å². The molecule has 27 heavy (non-hydrogen) atoms. The number of hydrogen-bond donors (Lipinski definition) is 1. The molecule has 1 aromatic heterocycles. The third kappa shape index (κ3) is 5.56. The van der Waals surface area contributed by atoms with Gasteiger partial charge in [0.15, 0.2) is 11.8 Å². The lowest BCUT2D eigenvalue weighted by Gasteiger charge is -2.29. The smallest absolute Gasteiger partial charge is 0.194 e. The van der Waals surface area contributed by atoms with E-state index in [1.165, 1.54) is 58.2 Å². The van der Waals surface area contributed by atoms with E-state index in [4.69, 9.17) is 4.99 Å². The molecular weight excluding hydrogens is 453 g/mol. The van der Waals surface area contributed by atoms with Crippen LogP contribution in [0.25, 0.3) is 0 Å². The molecular formula is C19H34IN7. The molecule has 8 heteroatoms. The number of aliphatic imine (C=N–C) groups is 1. The van der Waals surface area contributed by atoms with Crippen LogP contribution in [0.5, 0.6) is 0 Å². The molecule has 1 N–H and O–H groups in total. The van der Waals surface area contributed by atoms with E-state index in [0.717, 1.165) is 36.6 Å². The molecule has 0 bridgehead atoms. The zero-order chi connectivity index (χ0) is 17.9. The first-order chi connectivity index (χ1) is 12.7. The summed E-state index contributed by atoms with van der Waals surface area (Å²) >= 11 is 0. The number of guanidine groups is 1. The molecule has 0 amide bonds. The van der Waals surface area contributed by atoms with Crippen molar-refractivity contribution < 1.29 is 0 Å². The lowest BCUT2D eigenvalue weighted by atomic mass is 10.1. The number of aryl methyl sites for hydroxylation is 1. The van der Waals surface area contributed by atoms with Crippen LogP contribution < -0.4 is 5.32 Å². The second kappa shape index (κ2) is 9.54. The van der Waals surface area contributed by atoms with E-state index in [1.54, 1.807) is 0 Å². The highest BCUT2D eigenvalue weighted by atomic mass is 127. The van der Waals surface area contributed by atoms with Crippen LogP contribution >= 0.6 is 24.0 Å². The van der Waals surface area contributed by atoms with Crippen molar-refractivity contribution in [1.29, 1.82) is 0 Å². The third-order valence-electron chi connectivity index (χ3n) is 6.01. The van der Waals surface area contributed by atoms with Crippen LogP contribution in [0.15, 0.2) is 4.99 Å². The Kier molecular flexibility index (Phi) is 7.35. The number of hydrogen-bond acceptors (Lipinski definition) is 4. The summed E-state index contributed by atoms with van der Waals surface area (Å²) in [4.78, 5) is 10.0. The molecule has 0 aromatic carbocycles. The lowest BCUT2D eigenvalue weighted by Crippen LogP contribution is -2.42. The maximum Gasteiger partial charge on any atom is 0.194 e. The van der Waals surface area contributed by atoms with Crippen LogP contribution in [-0.2, 0) is 13.6 Å². The molecule has 7 nitrogen and oxygen atoms in total. The number of aromatic nitrogens is 3. The summed E-state index contributed by atoms with van der Waals surface area (Å²) in [7, 11) is 2.01. The van der Waals surface area contributed by atoms with E-state index >= 15 is 0 Å². The maximum atomic E-state index is 4.91. The molecule has 1 aromatic rings. The summed E-state index contributed by atoms with van der Waals surface area (Å²) in [5.41, 5.74) is 0. The van der Waals surface area contributed by atoms with Gasteiger partial charge in [-0.1, -0.05) is 6.42 Å². The molecule has 0 spiro atoms. The molecule has 4 rings (SSSR count). The summed E-state index contributed by atoms with van der Waals surface area (Å²) in [5.74, 6) is 3.72. The highest BCUT2D eigenvalue weighted by molar-refractivity contribution is 14.0. The van der Waals surface area contributed by atoms with Crippen LogP contribution in [0.2, 0.25) is 0 Å². The van der Waals surface area contributed by atoms with Crippen molar-refractivity contribution in [3.8, 4) is 0 Å². The Morgan fingerprint density at radius 3 is 2.56 bits per heavy atom. The zero-order valence-corrected chi connectivity index (χ0v) is 19.1. The molecule has 1 saturated carbocycles. The van der Waals surface area contributed by atoms with Gasteiger partial charge in [0, 0.05) is 32.7 Å². The Balaban J connectivity index is 0.00000210. The van der Waals surface area contributed by atoms with E-state index < -0.39 is 0 Å². The van der Waals surface area contributed by atoms with Crippen molar-refractivity contribution in [3.63, 3.8) is 0 Å². The van der Waals surface area contributed by atoms with E-state index in [1.807, 2.05) is 18.5 Å². The fourth-order valence-corrected chi connectivity index (χ4v) is 4.06. The van der Waals surface area contributed by atoms with E-state index in [2.05, 4.69) is 25.3 Å². The Morgan fingerprint density at radius 2 is 1.89 bits per heavy atom. The van der Waals surface area contributed by atoms with Crippen molar-refractivity contribution in [1.82, 2.24) is 29.9 Å². The minimum atomic E-state index is 0. The zero-order valence-electron chi connectivity index (χ0n) is 16.7. The predicted octanol–water partition coefficient (Wildman–Crippen LogP) is 2.16. The first-order valence-electron chi connectivity index (χ1n) is 10.3. The quantitative estimate of drug-likeness (QED) is 0.392. The Morgan fingerprint density at radius 1 is 1.11 bits per heavy atom. The average Bonchev–Trinajstić information content (AvgIpc) is 3.27. The number of nitrogens with one attached hydrogen (secondary N) is 1. The highest BCUT2D eigenvalue weighted by Gasteiger charge is 2.30. The summed E-state index contributed by atoms with van der Waals surface area (Å²) in [5, 5.41) is 12.1. The monoisotopic (exact) mass is 487 g/mol. The average molecular weight is 487 g/mol. The lowest BCUT2D eigenvalue weighted by molar-refractivity contribution is 0.198. The number of piperidine rings is 1. The van der Waals surface area contributed by atoms with Gasteiger partial charge in [-0.15, -0.1) is 34.2 Å². The fourth-order valence-electron chi connectivity index (χ4n) is 4.06. The Bertz CT molecular complexity index is 634.